The van der Waals surface area contributed by atoms with E-state index in [0.717, 1.165) is 11.3 Å². The van der Waals surface area contributed by atoms with E-state index in [9.17, 15) is 4.79 Å². The van der Waals surface area contributed by atoms with Crippen LogP contribution in [0.15, 0.2) is 41.5 Å². The molecule has 19 heavy (non-hydrogen) atoms. The molecule has 0 radical (unpaired) electrons. The fourth-order valence-electron chi connectivity index (χ4n) is 1.55. The quantitative estimate of drug-likeness (QED) is 0.441. The summed E-state index contributed by atoms with van der Waals surface area (Å²) in [5, 5.41) is 3.76. The van der Waals surface area contributed by atoms with Gasteiger partial charge in [-0.2, -0.15) is 0 Å². The van der Waals surface area contributed by atoms with Crippen LogP contribution >= 0.6 is 11.8 Å². The molecule has 0 amide bonds. The highest BCUT2D eigenvalue weighted by molar-refractivity contribution is 8.13. The third kappa shape index (κ3) is 5.20. The Hall–Kier alpha value is -1.71. The number of hydrogen-bond donors (Lipinski definition) is 0. The number of nitrogens with zero attached hydrogens (tertiary/aromatic N) is 3. The van der Waals surface area contributed by atoms with Gasteiger partial charge in [0, 0.05) is 10.8 Å². The first-order valence-electron chi connectivity index (χ1n) is 6.13. The lowest BCUT2D eigenvalue weighted by Crippen LogP contribution is -2.20. The summed E-state index contributed by atoms with van der Waals surface area (Å²) in [7, 11) is 0. The predicted molar refractivity (Wildman–Crippen MR) is 80.7 cm³/mol. The number of thioether (sulfide) groups is 1. The minimum atomic E-state index is -0.447. The number of rotatable bonds is 6. The maximum absolute atomic E-state index is 11.8. The lowest BCUT2D eigenvalue weighted by Gasteiger charge is -2.13. The molecule has 2 atom stereocenters. The van der Waals surface area contributed by atoms with Crippen molar-refractivity contribution in [1.29, 1.82) is 0 Å². The largest absolute Gasteiger partial charge is 0.287 e. The van der Waals surface area contributed by atoms with Gasteiger partial charge in [-0.15, -0.1) is 0 Å². The second-order valence-corrected chi connectivity index (χ2v) is 5.27. The van der Waals surface area contributed by atoms with Gasteiger partial charge in [0.05, 0.1) is 6.04 Å². The SMILES string of the molecule is CCSC(=O)C(C)C(/C=C/c1ccccc1)N=[N+]=[N-]. The third-order valence-corrected chi connectivity index (χ3v) is 3.59. The van der Waals surface area contributed by atoms with Crippen LogP contribution in [0.5, 0.6) is 0 Å². The molecule has 0 bridgehead atoms. The maximum Gasteiger partial charge on any atom is 0.192 e. The standard InChI is InChI=1S/C14H17N3OS/c1-3-19-14(18)11(2)13(16-17-15)10-9-12-7-5-4-6-8-12/h4-11,13H,3H2,1-2H3/b10-9+. The van der Waals surface area contributed by atoms with E-state index in [1.54, 1.807) is 13.0 Å². The molecule has 1 aromatic rings. The van der Waals surface area contributed by atoms with Gasteiger partial charge in [-0.25, -0.2) is 0 Å². The molecule has 0 saturated heterocycles. The topological polar surface area (TPSA) is 65.8 Å². The minimum absolute atomic E-state index is 0.0533. The van der Waals surface area contributed by atoms with Crippen molar-refractivity contribution in [2.24, 2.45) is 11.0 Å². The fourth-order valence-corrected chi connectivity index (χ4v) is 2.24. The van der Waals surface area contributed by atoms with E-state index in [-0.39, 0.29) is 11.0 Å². The molecule has 0 aliphatic heterocycles. The zero-order chi connectivity index (χ0) is 14.1. The van der Waals surface area contributed by atoms with Crippen molar-refractivity contribution in [2.75, 3.05) is 5.75 Å². The predicted octanol–water partition coefficient (Wildman–Crippen LogP) is 4.29. The Morgan fingerprint density at radius 1 is 1.47 bits per heavy atom. The molecule has 0 fully saturated rings. The third-order valence-electron chi connectivity index (χ3n) is 2.64. The summed E-state index contributed by atoms with van der Waals surface area (Å²) < 4.78 is 0. The van der Waals surface area contributed by atoms with Crippen LogP contribution in [-0.4, -0.2) is 16.9 Å². The van der Waals surface area contributed by atoms with Gasteiger partial charge in [-0.1, -0.05) is 73.2 Å². The van der Waals surface area contributed by atoms with E-state index >= 15 is 0 Å². The average molecular weight is 275 g/mol. The molecule has 0 N–H and O–H groups in total. The number of azide groups is 1. The monoisotopic (exact) mass is 275 g/mol. The van der Waals surface area contributed by atoms with Crippen LogP contribution in [0, 0.1) is 5.92 Å². The van der Waals surface area contributed by atoms with Gasteiger partial charge in [0.25, 0.3) is 0 Å². The Labute approximate surface area is 117 Å². The number of carbonyl (C=O) groups excluding carboxylic acids is 1. The van der Waals surface area contributed by atoms with Gasteiger partial charge in [0.2, 0.25) is 0 Å². The molecule has 4 nitrogen and oxygen atoms in total. The van der Waals surface area contributed by atoms with Crippen molar-refractivity contribution in [3.63, 3.8) is 0 Å². The summed E-state index contributed by atoms with van der Waals surface area (Å²) in [4.78, 5) is 14.6. The van der Waals surface area contributed by atoms with Crippen LogP contribution < -0.4 is 0 Å². The summed E-state index contributed by atoms with van der Waals surface area (Å²) in [6.45, 7) is 3.72. The Balaban J connectivity index is 2.81. The molecule has 1 aromatic carbocycles. The summed E-state index contributed by atoms with van der Waals surface area (Å²) in [6, 6.07) is 9.27. The highest BCUT2D eigenvalue weighted by Crippen LogP contribution is 2.19. The fraction of sp³-hybridized carbons (Fsp3) is 0.357. The van der Waals surface area contributed by atoms with Gasteiger partial charge in [0.15, 0.2) is 5.12 Å². The molecule has 0 aliphatic rings. The van der Waals surface area contributed by atoms with Crippen LogP contribution in [-0.2, 0) is 4.79 Å². The highest BCUT2D eigenvalue weighted by atomic mass is 32.2. The summed E-state index contributed by atoms with van der Waals surface area (Å²) in [5.74, 6) is 0.412. The molecule has 0 saturated carbocycles. The molecule has 0 aromatic heterocycles. The molecular weight excluding hydrogens is 258 g/mol. The first-order chi connectivity index (χ1) is 9.19. The van der Waals surface area contributed by atoms with Crippen molar-refractivity contribution >= 4 is 23.0 Å². The van der Waals surface area contributed by atoms with Crippen LogP contribution in [0.2, 0.25) is 0 Å². The van der Waals surface area contributed by atoms with Gasteiger partial charge in [-0.05, 0) is 16.8 Å². The highest BCUT2D eigenvalue weighted by Gasteiger charge is 2.20. The van der Waals surface area contributed by atoms with Crippen molar-refractivity contribution in [1.82, 2.24) is 0 Å². The van der Waals surface area contributed by atoms with E-state index in [0.29, 0.717) is 0 Å². The van der Waals surface area contributed by atoms with E-state index < -0.39 is 6.04 Å². The molecule has 0 aliphatic carbocycles. The van der Waals surface area contributed by atoms with Gasteiger partial charge in [-0.3, -0.25) is 4.79 Å². The zero-order valence-corrected chi connectivity index (χ0v) is 11.9. The second-order valence-electron chi connectivity index (χ2n) is 4.01. The first kappa shape index (κ1) is 15.3. The van der Waals surface area contributed by atoms with Gasteiger partial charge < -0.3 is 0 Å². The van der Waals surface area contributed by atoms with Gasteiger partial charge >= 0.3 is 0 Å². The van der Waals surface area contributed by atoms with E-state index in [1.807, 2.05) is 43.3 Å². The average Bonchev–Trinajstić information content (AvgIpc) is 2.44. The molecule has 0 spiro atoms. The Morgan fingerprint density at radius 3 is 2.74 bits per heavy atom. The number of carbonyl (C=O) groups is 1. The zero-order valence-electron chi connectivity index (χ0n) is 11.1. The molecule has 100 valence electrons. The molecule has 0 heterocycles. The normalized spacial score (nSPS) is 13.8. The van der Waals surface area contributed by atoms with Crippen molar-refractivity contribution < 1.29 is 4.79 Å². The minimum Gasteiger partial charge on any atom is -0.287 e. The van der Waals surface area contributed by atoms with Crippen molar-refractivity contribution in [2.45, 2.75) is 19.9 Å². The van der Waals surface area contributed by atoms with E-state index in [2.05, 4.69) is 10.0 Å². The van der Waals surface area contributed by atoms with E-state index in [1.165, 1.54) is 11.8 Å². The maximum atomic E-state index is 11.8. The Bertz CT molecular complexity index is 481. The molecular formula is C14H17N3OS. The smallest absolute Gasteiger partial charge is 0.192 e. The number of benzene rings is 1. The molecule has 2 unspecified atom stereocenters. The van der Waals surface area contributed by atoms with Crippen LogP contribution in [0.25, 0.3) is 16.5 Å². The summed E-state index contributed by atoms with van der Waals surface area (Å²) in [6.07, 6.45) is 3.66. The van der Waals surface area contributed by atoms with Gasteiger partial charge in [0.1, 0.15) is 0 Å². The molecule has 5 heteroatoms. The Kier molecular flexibility index (Phi) is 6.79. The van der Waals surface area contributed by atoms with Crippen LogP contribution in [0.3, 0.4) is 0 Å². The van der Waals surface area contributed by atoms with Crippen molar-refractivity contribution in [3.8, 4) is 0 Å². The van der Waals surface area contributed by atoms with E-state index in [4.69, 9.17) is 5.53 Å². The molecule has 1 rings (SSSR count). The summed E-state index contributed by atoms with van der Waals surface area (Å²) >= 11 is 1.26. The number of hydrogen-bond acceptors (Lipinski definition) is 3. The lowest BCUT2D eigenvalue weighted by atomic mass is 10.0. The lowest BCUT2D eigenvalue weighted by molar-refractivity contribution is -0.114. The van der Waals surface area contributed by atoms with Crippen LogP contribution in [0.4, 0.5) is 0 Å². The van der Waals surface area contributed by atoms with Crippen LogP contribution in [0.1, 0.15) is 19.4 Å². The first-order valence-corrected chi connectivity index (χ1v) is 7.11. The summed E-state index contributed by atoms with van der Waals surface area (Å²) in [5.41, 5.74) is 9.62. The Morgan fingerprint density at radius 2 is 2.16 bits per heavy atom. The second kappa shape index (κ2) is 8.40. The van der Waals surface area contributed by atoms with Crippen molar-refractivity contribution in [3.05, 3.63) is 52.4 Å².